The molecule has 2 saturated carbocycles. The van der Waals surface area contributed by atoms with Crippen LogP contribution in [0.1, 0.15) is 75.8 Å². The third kappa shape index (κ3) is 4.09. The molecule has 1 aliphatic heterocycles. The average molecular weight is 424 g/mol. The maximum atomic E-state index is 9.97. The van der Waals surface area contributed by atoms with Gasteiger partial charge in [-0.1, -0.05) is 38.0 Å². The number of aromatic hydroxyl groups is 1. The van der Waals surface area contributed by atoms with Crippen LogP contribution in [0.4, 0.5) is 0 Å². The smallest absolute Gasteiger partial charge is 0.115 e. The maximum absolute atomic E-state index is 9.97. The lowest BCUT2D eigenvalue weighted by Crippen LogP contribution is -2.43. The molecule has 3 fully saturated rings. The predicted molar refractivity (Wildman–Crippen MR) is 126 cm³/mol. The van der Waals surface area contributed by atoms with Gasteiger partial charge in [0.2, 0.25) is 0 Å². The summed E-state index contributed by atoms with van der Waals surface area (Å²) in [5.74, 6) is 3.38. The van der Waals surface area contributed by atoms with Gasteiger partial charge >= 0.3 is 0 Å². The molecule has 170 valence electrons. The molecule has 0 spiro atoms. The maximum Gasteiger partial charge on any atom is 0.115 e. The molecule has 31 heavy (non-hydrogen) atoms. The van der Waals surface area contributed by atoms with Gasteiger partial charge in [0.15, 0.2) is 0 Å². The van der Waals surface area contributed by atoms with Gasteiger partial charge in [-0.05, 0) is 110 Å². The number of piperidine rings is 1. The van der Waals surface area contributed by atoms with Gasteiger partial charge in [0.25, 0.3) is 0 Å². The number of fused-ring (bicyclic) bond motifs is 5. The van der Waals surface area contributed by atoms with E-state index in [0.717, 1.165) is 38.0 Å². The van der Waals surface area contributed by atoms with E-state index in [1.54, 1.807) is 5.57 Å². The molecule has 4 aliphatic rings. The number of hydrogen-bond donors (Lipinski definition) is 1. The SMILES string of the molecule is C[C@@H]1Cc2cc(O)ccc2[C@H]2CC[C@]3(C)/C(=C/COCCN4CCCCC4)CC[C@H]3[C@H]12. The second-order valence-corrected chi connectivity index (χ2v) is 11.1. The molecule has 0 bridgehead atoms. The van der Waals surface area contributed by atoms with E-state index in [4.69, 9.17) is 4.74 Å². The first-order valence-corrected chi connectivity index (χ1v) is 12.9. The zero-order valence-electron chi connectivity index (χ0n) is 19.6. The molecule has 0 amide bonds. The molecule has 1 aromatic rings. The largest absolute Gasteiger partial charge is 0.508 e. The Bertz CT molecular complexity index is 811. The molecule has 3 aliphatic carbocycles. The number of benzene rings is 1. The first kappa shape index (κ1) is 21.5. The van der Waals surface area contributed by atoms with Crippen molar-refractivity contribution in [1.82, 2.24) is 4.90 Å². The Kier molecular flexibility index (Phi) is 6.18. The molecule has 3 nitrogen and oxygen atoms in total. The first-order valence-electron chi connectivity index (χ1n) is 12.9. The van der Waals surface area contributed by atoms with E-state index in [1.807, 2.05) is 12.1 Å². The topological polar surface area (TPSA) is 32.7 Å². The van der Waals surface area contributed by atoms with Gasteiger partial charge in [-0.25, -0.2) is 0 Å². The van der Waals surface area contributed by atoms with E-state index in [9.17, 15) is 5.11 Å². The lowest BCUT2D eigenvalue weighted by molar-refractivity contribution is 0.0483. The van der Waals surface area contributed by atoms with Crippen molar-refractivity contribution in [2.24, 2.45) is 23.2 Å². The Balaban J connectivity index is 1.23. The highest BCUT2D eigenvalue weighted by molar-refractivity contribution is 5.41. The minimum absolute atomic E-state index is 0.361. The van der Waals surface area contributed by atoms with Crippen molar-refractivity contribution in [2.75, 3.05) is 32.8 Å². The van der Waals surface area contributed by atoms with Crippen LogP contribution in [0.25, 0.3) is 0 Å². The Labute approximate surface area is 188 Å². The molecule has 0 radical (unpaired) electrons. The Morgan fingerprint density at radius 2 is 2.03 bits per heavy atom. The number of likely N-dealkylation sites (tertiary alicyclic amines) is 1. The fourth-order valence-electron chi connectivity index (χ4n) is 7.77. The monoisotopic (exact) mass is 423 g/mol. The molecule has 5 atom stereocenters. The highest BCUT2D eigenvalue weighted by Crippen LogP contribution is 2.63. The van der Waals surface area contributed by atoms with Crippen molar-refractivity contribution >= 4 is 0 Å². The Morgan fingerprint density at radius 3 is 2.87 bits per heavy atom. The van der Waals surface area contributed by atoms with Gasteiger partial charge in [-0.2, -0.15) is 0 Å². The summed E-state index contributed by atoms with van der Waals surface area (Å²) >= 11 is 0. The number of rotatable bonds is 5. The molecule has 5 rings (SSSR count). The second-order valence-electron chi connectivity index (χ2n) is 11.1. The Morgan fingerprint density at radius 1 is 1.19 bits per heavy atom. The molecule has 1 aromatic carbocycles. The lowest BCUT2D eigenvalue weighted by atomic mass is 9.52. The summed E-state index contributed by atoms with van der Waals surface area (Å²) in [5, 5.41) is 9.97. The molecular weight excluding hydrogens is 382 g/mol. The quantitative estimate of drug-likeness (QED) is 0.471. The number of allylic oxidation sites excluding steroid dienone is 1. The number of ether oxygens (including phenoxy) is 1. The highest BCUT2D eigenvalue weighted by atomic mass is 16.5. The zero-order chi connectivity index (χ0) is 21.4. The van der Waals surface area contributed by atoms with Crippen molar-refractivity contribution in [2.45, 2.75) is 71.1 Å². The van der Waals surface area contributed by atoms with E-state index in [0.29, 0.717) is 23.0 Å². The summed E-state index contributed by atoms with van der Waals surface area (Å²) < 4.78 is 6.07. The van der Waals surface area contributed by atoms with Crippen LogP contribution in [0.15, 0.2) is 29.8 Å². The van der Waals surface area contributed by atoms with Gasteiger partial charge in [-0.3, -0.25) is 0 Å². The van der Waals surface area contributed by atoms with Crippen molar-refractivity contribution in [3.8, 4) is 5.75 Å². The fourth-order valence-corrected chi connectivity index (χ4v) is 7.77. The van der Waals surface area contributed by atoms with Crippen LogP contribution in [0, 0.1) is 23.2 Å². The summed E-state index contributed by atoms with van der Waals surface area (Å²) in [5.41, 5.74) is 4.97. The van der Waals surface area contributed by atoms with Crippen LogP contribution in [-0.4, -0.2) is 42.9 Å². The predicted octanol–water partition coefficient (Wildman–Crippen LogP) is 5.92. The molecule has 1 saturated heterocycles. The standard InChI is InChI=1S/C28H41NO2/c1-20-18-21-19-23(30)7-8-24(21)25-10-12-28(2)22(6-9-26(28)27(20)25)11-16-31-17-15-29-13-4-3-5-14-29/h7-8,11,19-20,25-27,30H,3-6,9-10,12-18H2,1-2H3/b22-11+/t20-,25-,26+,27-,28-/m1/s1. The Hall–Kier alpha value is -1.32. The number of phenolic OH excluding ortho intramolecular Hbond substituents is 1. The summed E-state index contributed by atoms with van der Waals surface area (Å²) in [6, 6.07) is 6.15. The van der Waals surface area contributed by atoms with Crippen LogP contribution in [0.5, 0.6) is 5.75 Å². The van der Waals surface area contributed by atoms with Gasteiger partial charge in [0, 0.05) is 6.54 Å². The summed E-state index contributed by atoms with van der Waals surface area (Å²) in [6.07, 6.45) is 12.9. The summed E-state index contributed by atoms with van der Waals surface area (Å²) in [7, 11) is 0. The van der Waals surface area contributed by atoms with Crippen LogP contribution >= 0.6 is 0 Å². The van der Waals surface area contributed by atoms with Gasteiger partial charge in [0.05, 0.1) is 13.2 Å². The molecule has 3 heteroatoms. The van der Waals surface area contributed by atoms with Crippen molar-refractivity contribution in [1.29, 1.82) is 0 Å². The average Bonchev–Trinajstić information content (AvgIpc) is 3.10. The van der Waals surface area contributed by atoms with Crippen LogP contribution in [0.3, 0.4) is 0 Å². The second kappa shape index (κ2) is 8.90. The van der Waals surface area contributed by atoms with Crippen LogP contribution in [-0.2, 0) is 11.2 Å². The van der Waals surface area contributed by atoms with E-state index < -0.39 is 0 Å². The first-order chi connectivity index (χ1) is 15.1. The van der Waals surface area contributed by atoms with Crippen molar-refractivity contribution in [3.05, 3.63) is 41.0 Å². The van der Waals surface area contributed by atoms with E-state index >= 15 is 0 Å². The minimum atomic E-state index is 0.361. The zero-order valence-corrected chi connectivity index (χ0v) is 19.6. The molecular formula is C28H41NO2. The third-order valence-electron chi connectivity index (χ3n) is 9.35. The number of hydrogen-bond acceptors (Lipinski definition) is 3. The summed E-state index contributed by atoms with van der Waals surface area (Å²) in [6.45, 7) is 10.3. The number of nitrogens with zero attached hydrogens (tertiary/aromatic N) is 1. The normalized spacial score (nSPS) is 36.8. The van der Waals surface area contributed by atoms with E-state index in [2.05, 4.69) is 30.9 Å². The lowest BCUT2D eigenvalue weighted by Gasteiger charge is -2.52. The van der Waals surface area contributed by atoms with Crippen LogP contribution in [0.2, 0.25) is 0 Å². The third-order valence-corrected chi connectivity index (χ3v) is 9.35. The van der Waals surface area contributed by atoms with Gasteiger partial charge in [-0.15, -0.1) is 0 Å². The highest BCUT2D eigenvalue weighted by Gasteiger charge is 2.54. The summed E-state index contributed by atoms with van der Waals surface area (Å²) in [4.78, 5) is 2.56. The van der Waals surface area contributed by atoms with Gasteiger partial charge < -0.3 is 14.7 Å². The van der Waals surface area contributed by atoms with E-state index in [1.165, 1.54) is 69.2 Å². The molecule has 1 heterocycles. The van der Waals surface area contributed by atoms with E-state index in [-0.39, 0.29) is 0 Å². The van der Waals surface area contributed by atoms with Gasteiger partial charge in [0.1, 0.15) is 5.75 Å². The molecule has 0 aromatic heterocycles. The van der Waals surface area contributed by atoms with Crippen molar-refractivity contribution in [3.63, 3.8) is 0 Å². The fraction of sp³-hybridized carbons (Fsp3) is 0.714. The van der Waals surface area contributed by atoms with Crippen molar-refractivity contribution < 1.29 is 9.84 Å². The minimum Gasteiger partial charge on any atom is -0.508 e. The number of phenols is 1. The molecule has 0 unspecified atom stereocenters. The van der Waals surface area contributed by atoms with Crippen LogP contribution < -0.4 is 0 Å². The molecule has 1 N–H and O–H groups in total.